The zero-order valence-electron chi connectivity index (χ0n) is 12.2. The van der Waals surface area contributed by atoms with Gasteiger partial charge in [-0.15, -0.1) is 0 Å². The van der Waals surface area contributed by atoms with Gasteiger partial charge in [-0.25, -0.2) is 0 Å². The van der Waals surface area contributed by atoms with Crippen LogP contribution in [0.1, 0.15) is 19.5 Å². The molecular formula is C16H17N3O2. The molecule has 2 aromatic rings. The lowest BCUT2D eigenvalue weighted by Gasteiger charge is -2.09. The van der Waals surface area contributed by atoms with E-state index in [-0.39, 0.29) is 11.3 Å². The molecule has 0 aliphatic carbocycles. The molecule has 0 aliphatic rings. The molecule has 2 aromatic heterocycles. The topological polar surface area (TPSA) is 74.8 Å². The number of nitrogens with one attached hydrogen (secondary N) is 2. The Morgan fingerprint density at radius 3 is 2.81 bits per heavy atom. The van der Waals surface area contributed by atoms with E-state index in [9.17, 15) is 9.59 Å². The molecule has 0 fully saturated rings. The number of aromatic nitrogens is 2. The molecule has 0 atom stereocenters. The van der Waals surface area contributed by atoms with Crippen LogP contribution in [0.2, 0.25) is 0 Å². The second-order valence-electron chi connectivity index (χ2n) is 4.83. The molecule has 0 amide bonds. The van der Waals surface area contributed by atoms with Gasteiger partial charge in [0, 0.05) is 34.9 Å². The Morgan fingerprint density at radius 2 is 2.14 bits per heavy atom. The summed E-state index contributed by atoms with van der Waals surface area (Å²) < 4.78 is 0. The Bertz CT molecular complexity index is 760. The van der Waals surface area contributed by atoms with Crippen molar-refractivity contribution >= 4 is 11.5 Å². The first-order chi connectivity index (χ1) is 9.97. The highest BCUT2D eigenvalue weighted by molar-refractivity contribution is 5.88. The standard InChI is InChI=1S/C16H17N3O2/c1-10(7-11(2)20)19-15-8-13(9-18-16(15)21)14-5-4-6-17-12(14)3/h4-9,19H,1-3H3,(H,18,21). The fourth-order valence-corrected chi connectivity index (χ4v) is 2.07. The minimum absolute atomic E-state index is 0.0734. The zero-order valence-corrected chi connectivity index (χ0v) is 12.2. The number of rotatable bonds is 4. The van der Waals surface area contributed by atoms with Crippen molar-refractivity contribution in [2.24, 2.45) is 0 Å². The number of carbonyl (C=O) groups is 1. The lowest BCUT2D eigenvalue weighted by atomic mass is 10.1. The van der Waals surface area contributed by atoms with Crippen LogP contribution in [-0.2, 0) is 4.79 Å². The monoisotopic (exact) mass is 283 g/mol. The third-order valence-corrected chi connectivity index (χ3v) is 2.97. The Kier molecular flexibility index (Phi) is 4.33. The van der Waals surface area contributed by atoms with E-state index < -0.39 is 0 Å². The lowest BCUT2D eigenvalue weighted by molar-refractivity contribution is -0.112. The van der Waals surface area contributed by atoms with Crippen molar-refractivity contribution in [3.8, 4) is 11.1 Å². The van der Waals surface area contributed by atoms with Crippen molar-refractivity contribution in [1.29, 1.82) is 0 Å². The van der Waals surface area contributed by atoms with Crippen LogP contribution in [0.3, 0.4) is 0 Å². The first kappa shape index (κ1) is 14.7. The Hall–Kier alpha value is -2.69. The van der Waals surface area contributed by atoms with Gasteiger partial charge in [0.05, 0.1) is 0 Å². The van der Waals surface area contributed by atoms with Gasteiger partial charge in [-0.1, -0.05) is 6.07 Å². The normalized spacial score (nSPS) is 11.3. The molecule has 0 bridgehead atoms. The molecule has 2 N–H and O–H groups in total. The molecule has 0 spiro atoms. The Morgan fingerprint density at radius 1 is 1.38 bits per heavy atom. The fraction of sp³-hybridized carbons (Fsp3) is 0.188. The van der Waals surface area contributed by atoms with Crippen LogP contribution in [0.25, 0.3) is 11.1 Å². The highest BCUT2D eigenvalue weighted by Gasteiger charge is 2.06. The van der Waals surface area contributed by atoms with E-state index in [4.69, 9.17) is 0 Å². The van der Waals surface area contributed by atoms with Crippen molar-refractivity contribution in [3.05, 3.63) is 58.4 Å². The maximum atomic E-state index is 11.9. The number of aromatic amines is 1. The summed E-state index contributed by atoms with van der Waals surface area (Å²) in [5.41, 5.74) is 3.46. The summed E-state index contributed by atoms with van der Waals surface area (Å²) in [6.07, 6.45) is 4.83. The molecular weight excluding hydrogens is 266 g/mol. The van der Waals surface area contributed by atoms with Crippen LogP contribution in [0.15, 0.2) is 47.2 Å². The molecule has 108 valence electrons. The van der Waals surface area contributed by atoms with E-state index in [0.29, 0.717) is 11.4 Å². The predicted octanol–water partition coefficient (Wildman–Crippen LogP) is 2.65. The fourth-order valence-electron chi connectivity index (χ4n) is 2.07. The molecule has 0 aliphatic heterocycles. The van der Waals surface area contributed by atoms with Gasteiger partial charge in [0.2, 0.25) is 0 Å². The number of pyridine rings is 2. The van der Waals surface area contributed by atoms with Gasteiger partial charge >= 0.3 is 0 Å². The van der Waals surface area contributed by atoms with E-state index >= 15 is 0 Å². The number of allylic oxidation sites excluding steroid dienone is 2. The van der Waals surface area contributed by atoms with Gasteiger partial charge in [0.25, 0.3) is 5.56 Å². The zero-order chi connectivity index (χ0) is 15.4. The summed E-state index contributed by atoms with van der Waals surface area (Å²) in [5.74, 6) is -0.0734. The summed E-state index contributed by atoms with van der Waals surface area (Å²) >= 11 is 0. The summed E-state index contributed by atoms with van der Waals surface area (Å²) in [5, 5.41) is 2.95. The van der Waals surface area contributed by atoms with E-state index in [2.05, 4.69) is 15.3 Å². The molecule has 0 aromatic carbocycles. The van der Waals surface area contributed by atoms with E-state index in [0.717, 1.165) is 16.8 Å². The molecule has 5 nitrogen and oxygen atoms in total. The van der Waals surface area contributed by atoms with Crippen molar-refractivity contribution in [2.45, 2.75) is 20.8 Å². The van der Waals surface area contributed by atoms with E-state index in [1.807, 2.05) is 19.1 Å². The first-order valence-electron chi connectivity index (χ1n) is 6.58. The number of aryl methyl sites for hydroxylation is 1. The molecule has 21 heavy (non-hydrogen) atoms. The minimum atomic E-state index is -0.239. The van der Waals surface area contributed by atoms with Gasteiger partial charge in [-0.05, 0) is 39.0 Å². The van der Waals surface area contributed by atoms with Crippen LogP contribution in [0, 0.1) is 6.92 Å². The van der Waals surface area contributed by atoms with Gasteiger partial charge in [0.15, 0.2) is 5.78 Å². The van der Waals surface area contributed by atoms with Crippen LogP contribution in [0.5, 0.6) is 0 Å². The van der Waals surface area contributed by atoms with Crippen LogP contribution >= 0.6 is 0 Å². The molecule has 0 saturated carbocycles. The largest absolute Gasteiger partial charge is 0.355 e. The SMILES string of the molecule is CC(=O)C=C(C)Nc1cc(-c2cccnc2C)c[nH]c1=O. The second-order valence-corrected chi connectivity index (χ2v) is 4.83. The van der Waals surface area contributed by atoms with Crippen LogP contribution in [-0.4, -0.2) is 15.8 Å². The lowest BCUT2D eigenvalue weighted by Crippen LogP contribution is -2.13. The van der Waals surface area contributed by atoms with Gasteiger partial charge in [0.1, 0.15) is 5.69 Å². The van der Waals surface area contributed by atoms with Crippen LogP contribution in [0.4, 0.5) is 5.69 Å². The molecule has 2 heterocycles. The predicted molar refractivity (Wildman–Crippen MR) is 83.1 cm³/mol. The molecule has 0 unspecified atom stereocenters. The number of hydrogen-bond acceptors (Lipinski definition) is 4. The van der Waals surface area contributed by atoms with Crippen molar-refractivity contribution in [3.63, 3.8) is 0 Å². The third-order valence-electron chi connectivity index (χ3n) is 2.97. The number of anilines is 1. The van der Waals surface area contributed by atoms with Gasteiger partial charge in [-0.2, -0.15) is 0 Å². The summed E-state index contributed by atoms with van der Waals surface area (Å²) in [6, 6.07) is 5.54. The Labute approximate surface area is 122 Å². The molecule has 0 radical (unpaired) electrons. The minimum Gasteiger partial charge on any atom is -0.355 e. The second kappa shape index (κ2) is 6.17. The highest BCUT2D eigenvalue weighted by atomic mass is 16.1. The number of hydrogen-bond donors (Lipinski definition) is 2. The molecule has 2 rings (SSSR count). The first-order valence-corrected chi connectivity index (χ1v) is 6.58. The number of H-pyrrole nitrogens is 1. The Balaban J connectivity index is 2.41. The quantitative estimate of drug-likeness (QED) is 0.846. The maximum Gasteiger partial charge on any atom is 0.271 e. The summed E-state index contributed by atoms with van der Waals surface area (Å²) in [4.78, 5) is 29.8. The molecule has 0 saturated heterocycles. The number of ketones is 1. The highest BCUT2D eigenvalue weighted by Crippen LogP contribution is 2.22. The van der Waals surface area contributed by atoms with Crippen molar-refractivity contribution < 1.29 is 4.79 Å². The van der Waals surface area contributed by atoms with Crippen LogP contribution < -0.4 is 10.9 Å². The summed E-state index contributed by atoms with van der Waals surface area (Å²) in [7, 11) is 0. The maximum absolute atomic E-state index is 11.9. The molecule has 5 heteroatoms. The van der Waals surface area contributed by atoms with Crippen molar-refractivity contribution in [1.82, 2.24) is 9.97 Å². The number of carbonyl (C=O) groups excluding carboxylic acids is 1. The van der Waals surface area contributed by atoms with E-state index in [1.165, 1.54) is 13.0 Å². The smallest absolute Gasteiger partial charge is 0.271 e. The van der Waals surface area contributed by atoms with E-state index in [1.54, 1.807) is 25.4 Å². The summed E-state index contributed by atoms with van der Waals surface area (Å²) in [6.45, 7) is 5.11. The average molecular weight is 283 g/mol. The van der Waals surface area contributed by atoms with Crippen molar-refractivity contribution in [2.75, 3.05) is 5.32 Å². The number of nitrogens with zero attached hydrogens (tertiary/aromatic N) is 1. The third kappa shape index (κ3) is 3.66. The van der Waals surface area contributed by atoms with Gasteiger partial charge in [-0.3, -0.25) is 14.6 Å². The van der Waals surface area contributed by atoms with Gasteiger partial charge < -0.3 is 10.3 Å². The average Bonchev–Trinajstić information content (AvgIpc) is 2.41.